The molecule has 1 aromatic heterocycles. The summed E-state index contributed by atoms with van der Waals surface area (Å²) in [5, 5.41) is 17.7. The first-order valence-corrected chi connectivity index (χ1v) is 14.5. The van der Waals surface area contributed by atoms with Gasteiger partial charge in [-0.3, -0.25) is 9.52 Å². The monoisotopic (exact) mass is 618 g/mol. The molecule has 14 heteroatoms. The van der Waals surface area contributed by atoms with E-state index in [-0.39, 0.29) is 34.5 Å². The molecule has 5 rings (SSSR count). The molecule has 0 aliphatic rings. The second-order valence-electron chi connectivity index (χ2n) is 9.34. The highest BCUT2D eigenvalue weighted by Gasteiger charge is 2.20. The van der Waals surface area contributed by atoms with Gasteiger partial charge in [-0.25, -0.2) is 22.8 Å². The standard InChI is InChI=1S/C30H27FN6O6S/c1-42-21-12-20(13-22(16-21)43-2)34-29-30(36-26-9-4-3-8-25(26)35-29)37-44(40,41)23-7-5-6-19(14-23)33-28(39)17-32-18-10-11-27(38)24(31)15-18/h3-16,32,38H,17H2,1-2H3,(H,33,39)(H,34,35)(H,36,37). The first-order valence-electron chi connectivity index (χ1n) is 13.1. The van der Waals surface area contributed by atoms with Crippen molar-refractivity contribution in [2.75, 3.05) is 41.4 Å². The lowest BCUT2D eigenvalue weighted by molar-refractivity contribution is -0.114. The number of carbonyl (C=O) groups is 1. The van der Waals surface area contributed by atoms with E-state index in [0.29, 0.717) is 28.2 Å². The van der Waals surface area contributed by atoms with Crippen molar-refractivity contribution >= 4 is 55.7 Å². The number of aromatic nitrogens is 2. The SMILES string of the molecule is COc1cc(Nc2nc3ccccc3nc2NS(=O)(=O)c2cccc(NC(=O)CNc3ccc(O)c(F)c3)c2)cc(OC)c1. The quantitative estimate of drug-likeness (QED) is 0.126. The third-order valence-electron chi connectivity index (χ3n) is 6.24. The second kappa shape index (κ2) is 12.7. The summed E-state index contributed by atoms with van der Waals surface area (Å²) in [6.07, 6.45) is 0. The maximum Gasteiger partial charge on any atom is 0.263 e. The van der Waals surface area contributed by atoms with Crippen LogP contribution in [0.5, 0.6) is 17.2 Å². The summed E-state index contributed by atoms with van der Waals surface area (Å²) in [7, 11) is -1.20. The normalized spacial score (nSPS) is 11.1. The van der Waals surface area contributed by atoms with E-state index in [1.807, 2.05) is 0 Å². The second-order valence-corrected chi connectivity index (χ2v) is 11.0. The first-order chi connectivity index (χ1) is 21.1. The van der Waals surface area contributed by atoms with Crippen molar-refractivity contribution in [2.24, 2.45) is 0 Å². The fourth-order valence-electron chi connectivity index (χ4n) is 4.11. The molecule has 0 saturated heterocycles. The summed E-state index contributed by atoms with van der Waals surface area (Å²) in [6.45, 7) is -0.240. The van der Waals surface area contributed by atoms with Gasteiger partial charge >= 0.3 is 0 Å². The van der Waals surface area contributed by atoms with E-state index >= 15 is 0 Å². The van der Waals surface area contributed by atoms with Crippen molar-refractivity contribution in [3.8, 4) is 17.2 Å². The number of nitrogens with zero attached hydrogens (tertiary/aromatic N) is 2. The number of fused-ring (bicyclic) bond motifs is 1. The number of hydrogen-bond acceptors (Lipinski definition) is 10. The number of amides is 1. The number of aromatic hydroxyl groups is 1. The summed E-state index contributed by atoms with van der Waals surface area (Å²) in [5.74, 6) is -0.780. The number of hydrogen-bond donors (Lipinski definition) is 5. The van der Waals surface area contributed by atoms with Crippen LogP contribution in [0.3, 0.4) is 0 Å². The van der Waals surface area contributed by atoms with E-state index in [1.54, 1.807) is 42.5 Å². The van der Waals surface area contributed by atoms with Crippen molar-refractivity contribution in [3.05, 3.63) is 90.7 Å². The number of benzene rings is 4. The molecule has 0 saturated carbocycles. The third kappa shape index (κ3) is 7.04. The Morgan fingerprint density at radius 3 is 2.16 bits per heavy atom. The Hall–Kier alpha value is -5.63. The number of anilines is 5. The molecule has 4 aromatic carbocycles. The average molecular weight is 619 g/mol. The molecule has 0 aliphatic carbocycles. The summed E-state index contributed by atoms with van der Waals surface area (Å²) < 4.78 is 53.8. The van der Waals surface area contributed by atoms with Crippen LogP contribution >= 0.6 is 0 Å². The zero-order chi connectivity index (χ0) is 31.3. The van der Waals surface area contributed by atoms with E-state index < -0.39 is 27.5 Å². The van der Waals surface area contributed by atoms with Crippen LogP contribution in [0.4, 0.5) is 33.1 Å². The number of halogens is 1. The molecule has 0 spiro atoms. The number of phenols is 1. The number of phenolic OH excluding ortho intramolecular Hbond substituents is 1. The molecule has 0 unspecified atom stereocenters. The van der Waals surface area contributed by atoms with Gasteiger partial charge in [-0.1, -0.05) is 18.2 Å². The molecule has 0 aliphatic heterocycles. The van der Waals surface area contributed by atoms with Gasteiger partial charge in [0.15, 0.2) is 23.2 Å². The molecule has 12 nitrogen and oxygen atoms in total. The molecule has 5 aromatic rings. The van der Waals surface area contributed by atoms with Crippen LogP contribution in [-0.4, -0.2) is 50.2 Å². The van der Waals surface area contributed by atoms with Crippen LogP contribution in [0.15, 0.2) is 89.8 Å². The van der Waals surface area contributed by atoms with E-state index in [2.05, 4.69) is 30.6 Å². The first kappa shape index (κ1) is 29.8. The summed E-state index contributed by atoms with van der Waals surface area (Å²) in [5.41, 5.74) is 1.99. The Balaban J connectivity index is 1.38. The van der Waals surface area contributed by atoms with E-state index in [9.17, 15) is 22.7 Å². The summed E-state index contributed by atoms with van der Waals surface area (Å²) in [4.78, 5) is 21.4. The van der Waals surface area contributed by atoms with Gasteiger partial charge < -0.3 is 30.5 Å². The topological polar surface area (TPSA) is 164 Å². The van der Waals surface area contributed by atoms with Crippen LogP contribution < -0.4 is 30.1 Å². The maximum absolute atomic E-state index is 13.6. The molecule has 44 heavy (non-hydrogen) atoms. The van der Waals surface area contributed by atoms with Crippen molar-refractivity contribution in [1.82, 2.24) is 9.97 Å². The number of nitrogens with one attached hydrogen (secondary N) is 4. The van der Waals surface area contributed by atoms with Gasteiger partial charge in [0, 0.05) is 41.3 Å². The van der Waals surface area contributed by atoms with Gasteiger partial charge in [0.25, 0.3) is 10.0 Å². The number of methoxy groups -OCH3 is 2. The number of carbonyl (C=O) groups excluding carboxylic acids is 1. The zero-order valence-corrected chi connectivity index (χ0v) is 24.3. The van der Waals surface area contributed by atoms with Crippen molar-refractivity contribution in [1.29, 1.82) is 0 Å². The highest BCUT2D eigenvalue weighted by Crippen LogP contribution is 2.31. The predicted molar refractivity (Wildman–Crippen MR) is 165 cm³/mol. The summed E-state index contributed by atoms with van der Waals surface area (Å²) in [6, 6.07) is 21.3. The Morgan fingerprint density at radius 1 is 0.818 bits per heavy atom. The van der Waals surface area contributed by atoms with E-state index in [1.165, 1.54) is 44.6 Å². The van der Waals surface area contributed by atoms with Gasteiger partial charge in [0.2, 0.25) is 5.91 Å². The highest BCUT2D eigenvalue weighted by atomic mass is 32.2. The number of rotatable bonds is 11. The molecule has 226 valence electrons. The van der Waals surface area contributed by atoms with Gasteiger partial charge in [0.1, 0.15) is 11.5 Å². The smallest absolute Gasteiger partial charge is 0.263 e. The molecule has 0 atom stereocenters. The van der Waals surface area contributed by atoms with E-state index in [0.717, 1.165) is 12.1 Å². The predicted octanol–water partition coefficient (Wildman–Crippen LogP) is 5.09. The maximum atomic E-state index is 13.6. The molecule has 0 bridgehead atoms. The van der Waals surface area contributed by atoms with Gasteiger partial charge in [-0.2, -0.15) is 0 Å². The van der Waals surface area contributed by atoms with E-state index in [4.69, 9.17) is 9.47 Å². The number of para-hydroxylation sites is 2. The zero-order valence-electron chi connectivity index (χ0n) is 23.5. The number of sulfonamides is 1. The van der Waals surface area contributed by atoms with Crippen molar-refractivity contribution in [2.45, 2.75) is 4.90 Å². The van der Waals surface area contributed by atoms with Crippen LogP contribution in [-0.2, 0) is 14.8 Å². The molecular weight excluding hydrogens is 591 g/mol. The van der Waals surface area contributed by atoms with Gasteiger partial charge in [-0.15, -0.1) is 0 Å². The minimum absolute atomic E-state index is 0.0646. The van der Waals surface area contributed by atoms with Crippen molar-refractivity contribution < 1.29 is 32.2 Å². The Morgan fingerprint density at radius 2 is 1.50 bits per heavy atom. The minimum Gasteiger partial charge on any atom is -0.505 e. The summed E-state index contributed by atoms with van der Waals surface area (Å²) >= 11 is 0. The Labute approximate surface area is 251 Å². The Kier molecular flexibility index (Phi) is 8.62. The minimum atomic E-state index is -4.22. The molecule has 1 heterocycles. The highest BCUT2D eigenvalue weighted by molar-refractivity contribution is 7.92. The Bertz CT molecular complexity index is 1930. The lowest BCUT2D eigenvalue weighted by atomic mass is 10.2. The molecule has 5 N–H and O–H groups in total. The fourth-order valence-corrected chi connectivity index (χ4v) is 5.16. The molecular formula is C30H27FN6O6S. The molecule has 0 fully saturated rings. The van der Waals surface area contributed by atoms with Crippen LogP contribution in [0.25, 0.3) is 11.0 Å². The third-order valence-corrected chi connectivity index (χ3v) is 7.58. The molecule has 1 amide bonds. The van der Waals surface area contributed by atoms with Gasteiger partial charge in [-0.05, 0) is 42.5 Å². The van der Waals surface area contributed by atoms with Gasteiger partial charge in [0.05, 0.1) is 36.7 Å². The molecule has 0 radical (unpaired) electrons. The average Bonchev–Trinajstić information content (AvgIpc) is 3.01. The van der Waals surface area contributed by atoms with Crippen LogP contribution in [0.1, 0.15) is 0 Å². The largest absolute Gasteiger partial charge is 0.505 e. The van der Waals surface area contributed by atoms with Crippen LogP contribution in [0.2, 0.25) is 0 Å². The fraction of sp³-hybridized carbons (Fsp3) is 0.100. The lowest BCUT2D eigenvalue weighted by Crippen LogP contribution is -2.22. The number of ether oxygens (including phenoxy) is 2. The van der Waals surface area contributed by atoms with Crippen molar-refractivity contribution in [3.63, 3.8) is 0 Å². The lowest BCUT2D eigenvalue weighted by Gasteiger charge is -2.15. The van der Waals surface area contributed by atoms with Crippen LogP contribution in [0, 0.1) is 5.82 Å².